The molecule has 0 saturated carbocycles. The summed E-state index contributed by atoms with van der Waals surface area (Å²) in [7, 11) is 0. The van der Waals surface area contributed by atoms with Gasteiger partial charge >= 0.3 is 0 Å². The predicted molar refractivity (Wildman–Crippen MR) is 85.3 cm³/mol. The number of aromatic nitrogens is 2. The maximum Gasteiger partial charge on any atom is 0.275 e. The number of halogens is 2. The van der Waals surface area contributed by atoms with E-state index in [9.17, 15) is 4.79 Å². The second-order valence-electron chi connectivity index (χ2n) is 5.02. The lowest BCUT2D eigenvalue weighted by atomic mass is 10.2. The summed E-state index contributed by atoms with van der Waals surface area (Å²) in [6.07, 6.45) is 1.44. The van der Waals surface area contributed by atoms with E-state index in [-0.39, 0.29) is 16.6 Å². The summed E-state index contributed by atoms with van der Waals surface area (Å²) < 4.78 is 0. The molecule has 0 saturated heterocycles. The smallest absolute Gasteiger partial charge is 0.275 e. The zero-order valence-corrected chi connectivity index (χ0v) is 13.5. The summed E-state index contributed by atoms with van der Waals surface area (Å²) in [5, 5.41) is 3.40. The normalized spacial score (nSPS) is 10.8. The Kier molecular flexibility index (Phi) is 4.80. The minimum absolute atomic E-state index is 0.108. The molecule has 1 aromatic heterocycles. The van der Waals surface area contributed by atoms with Gasteiger partial charge in [0.1, 0.15) is 5.82 Å². The standard InChI is InChI=1S/C15H15Cl2N3O/c1-8(2)14-18-7-11(17)13(20-14)15(21)19-12-6-9(3)4-5-10(12)16/h4-8H,1-3H3,(H,19,21). The molecule has 0 atom stereocenters. The third kappa shape index (κ3) is 3.71. The van der Waals surface area contributed by atoms with Gasteiger partial charge in [-0.15, -0.1) is 0 Å². The molecule has 1 amide bonds. The number of benzene rings is 1. The van der Waals surface area contributed by atoms with Crippen LogP contribution in [0.5, 0.6) is 0 Å². The van der Waals surface area contributed by atoms with E-state index in [0.717, 1.165) is 5.56 Å². The van der Waals surface area contributed by atoms with Gasteiger partial charge < -0.3 is 5.32 Å². The second kappa shape index (κ2) is 6.41. The van der Waals surface area contributed by atoms with Crippen LogP contribution in [-0.2, 0) is 0 Å². The van der Waals surface area contributed by atoms with Crippen molar-refractivity contribution in [3.63, 3.8) is 0 Å². The number of hydrogen-bond donors (Lipinski definition) is 1. The van der Waals surface area contributed by atoms with Crippen LogP contribution in [0.1, 0.15) is 41.6 Å². The van der Waals surface area contributed by atoms with E-state index in [4.69, 9.17) is 23.2 Å². The third-order valence-corrected chi connectivity index (χ3v) is 3.47. The van der Waals surface area contributed by atoms with Crippen molar-refractivity contribution in [1.29, 1.82) is 0 Å². The lowest BCUT2D eigenvalue weighted by molar-refractivity contribution is 0.102. The molecule has 110 valence electrons. The number of carbonyl (C=O) groups is 1. The van der Waals surface area contributed by atoms with Gasteiger partial charge in [-0.2, -0.15) is 0 Å². The summed E-state index contributed by atoms with van der Waals surface area (Å²) in [6, 6.07) is 5.39. The third-order valence-electron chi connectivity index (χ3n) is 2.86. The predicted octanol–water partition coefficient (Wildman–Crippen LogP) is 4.47. The Morgan fingerprint density at radius 1 is 1.24 bits per heavy atom. The molecule has 1 aromatic carbocycles. The minimum atomic E-state index is -0.406. The number of rotatable bonds is 3. The Morgan fingerprint density at radius 2 is 1.95 bits per heavy atom. The van der Waals surface area contributed by atoms with E-state index < -0.39 is 5.91 Å². The van der Waals surface area contributed by atoms with Crippen LogP contribution in [0, 0.1) is 6.92 Å². The van der Waals surface area contributed by atoms with E-state index in [1.807, 2.05) is 26.8 Å². The van der Waals surface area contributed by atoms with Crippen molar-refractivity contribution in [2.75, 3.05) is 5.32 Å². The van der Waals surface area contributed by atoms with Crippen LogP contribution in [0.15, 0.2) is 24.4 Å². The average Bonchev–Trinajstić information content (AvgIpc) is 2.43. The van der Waals surface area contributed by atoms with Crippen molar-refractivity contribution in [2.45, 2.75) is 26.7 Å². The number of aryl methyl sites for hydroxylation is 1. The lowest BCUT2D eigenvalue weighted by Gasteiger charge is -2.10. The monoisotopic (exact) mass is 323 g/mol. The molecule has 0 aliphatic heterocycles. The van der Waals surface area contributed by atoms with Crippen LogP contribution >= 0.6 is 23.2 Å². The Balaban J connectivity index is 2.32. The lowest BCUT2D eigenvalue weighted by Crippen LogP contribution is -2.16. The van der Waals surface area contributed by atoms with Crippen LogP contribution in [0.2, 0.25) is 10.0 Å². The SMILES string of the molecule is Cc1ccc(Cl)c(NC(=O)c2nc(C(C)C)ncc2Cl)c1. The maximum absolute atomic E-state index is 12.3. The Labute approximate surface area is 133 Å². The molecule has 6 heteroatoms. The quantitative estimate of drug-likeness (QED) is 0.906. The van der Waals surface area contributed by atoms with E-state index in [0.29, 0.717) is 16.5 Å². The van der Waals surface area contributed by atoms with Gasteiger partial charge in [-0.3, -0.25) is 4.79 Å². The van der Waals surface area contributed by atoms with Crippen LogP contribution < -0.4 is 5.32 Å². The fourth-order valence-electron chi connectivity index (χ4n) is 1.73. The van der Waals surface area contributed by atoms with E-state index in [1.165, 1.54) is 6.20 Å². The maximum atomic E-state index is 12.3. The molecule has 21 heavy (non-hydrogen) atoms. The molecule has 0 aliphatic carbocycles. The molecule has 0 bridgehead atoms. The molecule has 0 spiro atoms. The second-order valence-corrected chi connectivity index (χ2v) is 5.83. The summed E-state index contributed by atoms with van der Waals surface area (Å²) in [5.74, 6) is 0.271. The molecule has 0 aliphatic rings. The Morgan fingerprint density at radius 3 is 2.62 bits per heavy atom. The number of nitrogens with zero attached hydrogens (tertiary/aromatic N) is 2. The van der Waals surface area contributed by atoms with Crippen LogP contribution in [0.25, 0.3) is 0 Å². The molecule has 1 N–H and O–H groups in total. The molecule has 2 rings (SSSR count). The van der Waals surface area contributed by atoms with Gasteiger partial charge in [0, 0.05) is 5.92 Å². The van der Waals surface area contributed by atoms with E-state index in [2.05, 4.69) is 15.3 Å². The summed E-state index contributed by atoms with van der Waals surface area (Å²) in [5.41, 5.74) is 1.67. The van der Waals surface area contributed by atoms with Gasteiger partial charge in [0.25, 0.3) is 5.91 Å². The molecule has 1 heterocycles. The number of carbonyl (C=O) groups excluding carboxylic acids is 1. The number of hydrogen-bond acceptors (Lipinski definition) is 3. The van der Waals surface area contributed by atoms with Crippen LogP contribution in [0.4, 0.5) is 5.69 Å². The first-order valence-corrected chi connectivity index (χ1v) is 7.24. The number of anilines is 1. The topological polar surface area (TPSA) is 54.9 Å². The first-order chi connectivity index (χ1) is 9.88. The number of nitrogens with one attached hydrogen (secondary N) is 1. The minimum Gasteiger partial charge on any atom is -0.319 e. The van der Waals surface area contributed by atoms with E-state index >= 15 is 0 Å². The van der Waals surface area contributed by atoms with Gasteiger partial charge in [0.05, 0.1) is 21.9 Å². The van der Waals surface area contributed by atoms with Crippen molar-refractivity contribution < 1.29 is 4.79 Å². The molecule has 4 nitrogen and oxygen atoms in total. The first-order valence-electron chi connectivity index (χ1n) is 6.48. The fourth-order valence-corrected chi connectivity index (χ4v) is 2.08. The summed E-state index contributed by atoms with van der Waals surface area (Å²) in [6.45, 7) is 5.81. The zero-order chi connectivity index (χ0) is 15.6. The Hall–Kier alpha value is -1.65. The van der Waals surface area contributed by atoms with Crippen LogP contribution in [-0.4, -0.2) is 15.9 Å². The highest BCUT2D eigenvalue weighted by Gasteiger charge is 2.16. The van der Waals surface area contributed by atoms with Gasteiger partial charge in [-0.05, 0) is 24.6 Å². The average molecular weight is 324 g/mol. The van der Waals surface area contributed by atoms with Crippen molar-refractivity contribution in [3.8, 4) is 0 Å². The van der Waals surface area contributed by atoms with Gasteiger partial charge in [0.2, 0.25) is 0 Å². The van der Waals surface area contributed by atoms with Gasteiger partial charge in [0.15, 0.2) is 5.69 Å². The number of amides is 1. The van der Waals surface area contributed by atoms with Gasteiger partial charge in [-0.1, -0.05) is 43.1 Å². The first kappa shape index (κ1) is 15.7. The summed E-state index contributed by atoms with van der Waals surface area (Å²) in [4.78, 5) is 20.7. The highest BCUT2D eigenvalue weighted by Crippen LogP contribution is 2.24. The fraction of sp³-hybridized carbons (Fsp3) is 0.267. The molecular weight excluding hydrogens is 309 g/mol. The van der Waals surface area contributed by atoms with Crippen molar-refractivity contribution in [1.82, 2.24) is 9.97 Å². The molecule has 0 unspecified atom stereocenters. The van der Waals surface area contributed by atoms with Crippen LogP contribution in [0.3, 0.4) is 0 Å². The molecule has 2 aromatic rings. The van der Waals surface area contributed by atoms with Gasteiger partial charge in [-0.25, -0.2) is 9.97 Å². The van der Waals surface area contributed by atoms with Crippen molar-refractivity contribution in [3.05, 3.63) is 51.5 Å². The molecule has 0 radical (unpaired) electrons. The Bertz CT molecular complexity index is 687. The van der Waals surface area contributed by atoms with Crippen molar-refractivity contribution in [2.24, 2.45) is 0 Å². The van der Waals surface area contributed by atoms with Crippen molar-refractivity contribution >= 4 is 34.8 Å². The largest absolute Gasteiger partial charge is 0.319 e. The summed E-state index contributed by atoms with van der Waals surface area (Å²) >= 11 is 12.1. The highest BCUT2D eigenvalue weighted by atomic mass is 35.5. The van der Waals surface area contributed by atoms with E-state index in [1.54, 1.807) is 12.1 Å². The highest BCUT2D eigenvalue weighted by molar-refractivity contribution is 6.35. The molecular formula is C15H15Cl2N3O. The molecule has 0 fully saturated rings. The zero-order valence-electron chi connectivity index (χ0n) is 11.9.